The maximum atomic E-state index is 5.80. The van der Waals surface area contributed by atoms with Gasteiger partial charge < -0.3 is 9.64 Å². The van der Waals surface area contributed by atoms with E-state index in [4.69, 9.17) is 4.74 Å². The zero-order chi connectivity index (χ0) is 15.5. The summed E-state index contributed by atoms with van der Waals surface area (Å²) in [5.74, 6) is 1.82. The summed E-state index contributed by atoms with van der Waals surface area (Å²) < 4.78 is 7.66. The molecule has 5 heteroatoms. The molecule has 5 nitrogen and oxygen atoms in total. The van der Waals surface area contributed by atoms with Gasteiger partial charge >= 0.3 is 0 Å². The normalized spacial score (nSPS) is 10.9. The van der Waals surface area contributed by atoms with Crippen LogP contribution in [0.4, 0.5) is 5.82 Å². The number of benzene rings is 1. The van der Waals surface area contributed by atoms with Gasteiger partial charge in [0.25, 0.3) is 0 Å². The first-order valence-electron chi connectivity index (χ1n) is 7.35. The van der Waals surface area contributed by atoms with Crippen molar-refractivity contribution in [2.24, 2.45) is 0 Å². The largest absolute Gasteiger partial charge is 0.492 e. The lowest BCUT2D eigenvalue weighted by Gasteiger charge is -2.19. The second-order valence-corrected chi connectivity index (χ2v) is 5.45. The Morgan fingerprint density at radius 2 is 2.09 bits per heavy atom. The molecule has 0 N–H and O–H groups in total. The monoisotopic (exact) mass is 296 g/mol. The average Bonchev–Trinajstić information content (AvgIpc) is 2.87. The summed E-state index contributed by atoms with van der Waals surface area (Å²) in [5, 5.41) is 4.41. The number of hydrogen-bond donors (Lipinski definition) is 0. The zero-order valence-electron chi connectivity index (χ0n) is 13.2. The quantitative estimate of drug-likeness (QED) is 0.726. The van der Waals surface area contributed by atoms with Crippen LogP contribution in [0.25, 0.3) is 5.52 Å². The van der Waals surface area contributed by atoms with Crippen LogP contribution in [0.1, 0.15) is 11.3 Å². The summed E-state index contributed by atoms with van der Waals surface area (Å²) in [6, 6.07) is 10.1. The van der Waals surface area contributed by atoms with Gasteiger partial charge in [-0.3, -0.25) is 0 Å². The maximum Gasteiger partial charge on any atom is 0.154 e. The predicted molar refractivity (Wildman–Crippen MR) is 87.7 cm³/mol. The topological polar surface area (TPSA) is 42.7 Å². The predicted octanol–water partition coefficient (Wildman–Crippen LogP) is 2.86. The van der Waals surface area contributed by atoms with E-state index >= 15 is 0 Å². The lowest BCUT2D eigenvalue weighted by molar-refractivity contribution is 0.325. The van der Waals surface area contributed by atoms with E-state index in [-0.39, 0.29) is 0 Å². The van der Waals surface area contributed by atoms with E-state index in [1.807, 2.05) is 48.9 Å². The van der Waals surface area contributed by atoms with Gasteiger partial charge in [-0.2, -0.15) is 5.10 Å². The minimum absolute atomic E-state index is 0.607. The van der Waals surface area contributed by atoms with Crippen molar-refractivity contribution in [2.45, 2.75) is 13.8 Å². The van der Waals surface area contributed by atoms with Gasteiger partial charge in [-0.25, -0.2) is 9.50 Å². The first-order chi connectivity index (χ1) is 10.6. The molecule has 2 aromatic heterocycles. The van der Waals surface area contributed by atoms with E-state index in [0.29, 0.717) is 6.61 Å². The van der Waals surface area contributed by atoms with Crippen molar-refractivity contribution < 1.29 is 4.74 Å². The fourth-order valence-corrected chi connectivity index (χ4v) is 2.44. The Kier molecular flexibility index (Phi) is 3.96. The molecule has 0 aliphatic heterocycles. The van der Waals surface area contributed by atoms with Crippen molar-refractivity contribution in [3.05, 3.63) is 54.0 Å². The number of aromatic nitrogens is 3. The van der Waals surface area contributed by atoms with Crippen LogP contribution >= 0.6 is 0 Å². The summed E-state index contributed by atoms with van der Waals surface area (Å²) in [5.41, 5.74) is 3.20. The van der Waals surface area contributed by atoms with E-state index in [2.05, 4.69) is 28.0 Å². The van der Waals surface area contributed by atoms with Crippen LogP contribution in [0.15, 0.2) is 42.7 Å². The van der Waals surface area contributed by atoms with Gasteiger partial charge in [0, 0.05) is 19.4 Å². The van der Waals surface area contributed by atoms with Crippen LogP contribution in [0, 0.1) is 13.8 Å². The van der Waals surface area contributed by atoms with Crippen molar-refractivity contribution >= 4 is 11.3 Å². The third kappa shape index (κ3) is 3.03. The highest BCUT2D eigenvalue weighted by Crippen LogP contribution is 2.18. The van der Waals surface area contributed by atoms with E-state index in [9.17, 15) is 0 Å². The van der Waals surface area contributed by atoms with Gasteiger partial charge in [-0.1, -0.05) is 12.1 Å². The average molecular weight is 296 g/mol. The number of nitrogens with zero attached hydrogens (tertiary/aromatic N) is 4. The Morgan fingerprint density at radius 3 is 2.91 bits per heavy atom. The Labute approximate surface area is 130 Å². The van der Waals surface area contributed by atoms with Crippen LogP contribution in [0.2, 0.25) is 0 Å². The van der Waals surface area contributed by atoms with Gasteiger partial charge in [-0.15, -0.1) is 0 Å². The molecule has 0 saturated carbocycles. The molecule has 0 unspecified atom stereocenters. The summed E-state index contributed by atoms with van der Waals surface area (Å²) in [7, 11) is 2.02. The Morgan fingerprint density at radius 1 is 1.23 bits per heavy atom. The summed E-state index contributed by atoms with van der Waals surface area (Å²) in [6.07, 6.45) is 3.63. The molecule has 2 heterocycles. The molecule has 0 spiro atoms. The van der Waals surface area contributed by atoms with Crippen molar-refractivity contribution in [3.63, 3.8) is 0 Å². The molecule has 0 saturated heterocycles. The number of hydrogen-bond acceptors (Lipinski definition) is 4. The fourth-order valence-electron chi connectivity index (χ4n) is 2.44. The van der Waals surface area contributed by atoms with Gasteiger partial charge in [0.2, 0.25) is 0 Å². The van der Waals surface area contributed by atoms with E-state index in [1.54, 1.807) is 6.20 Å². The minimum atomic E-state index is 0.607. The van der Waals surface area contributed by atoms with Crippen molar-refractivity contribution in [1.29, 1.82) is 0 Å². The minimum Gasteiger partial charge on any atom is -0.492 e. The molecule has 1 aromatic carbocycles. The number of fused-ring (bicyclic) bond motifs is 1. The molecule has 3 rings (SSSR count). The Hall–Kier alpha value is -2.56. The molecule has 0 amide bonds. The van der Waals surface area contributed by atoms with Crippen molar-refractivity contribution in [1.82, 2.24) is 14.6 Å². The summed E-state index contributed by atoms with van der Waals surface area (Å²) in [4.78, 5) is 6.56. The first-order valence-corrected chi connectivity index (χ1v) is 7.35. The highest BCUT2D eigenvalue weighted by molar-refractivity contribution is 5.68. The second kappa shape index (κ2) is 6.05. The smallest absolute Gasteiger partial charge is 0.154 e. The van der Waals surface area contributed by atoms with Crippen molar-refractivity contribution in [3.8, 4) is 5.75 Å². The van der Waals surface area contributed by atoms with Gasteiger partial charge in [0.1, 0.15) is 17.9 Å². The molecule has 0 radical (unpaired) electrons. The number of aryl methyl sites for hydroxylation is 2. The molecule has 0 aliphatic carbocycles. The third-order valence-corrected chi connectivity index (χ3v) is 3.54. The fraction of sp³-hybridized carbons (Fsp3) is 0.294. The van der Waals surface area contributed by atoms with Gasteiger partial charge in [0.05, 0.1) is 12.2 Å². The van der Waals surface area contributed by atoms with E-state index in [0.717, 1.165) is 29.3 Å². The SMILES string of the molecule is Cc1cccc(OCCN(C)c2nccn3nc(C)cc23)c1. The van der Waals surface area contributed by atoms with Crippen molar-refractivity contribution in [2.75, 3.05) is 25.1 Å². The molecular formula is C17H20N4O. The van der Waals surface area contributed by atoms with Crippen LogP contribution in [-0.4, -0.2) is 34.8 Å². The highest BCUT2D eigenvalue weighted by Gasteiger charge is 2.09. The van der Waals surface area contributed by atoms with Crippen LogP contribution < -0.4 is 9.64 Å². The summed E-state index contributed by atoms with van der Waals surface area (Å²) >= 11 is 0. The number of rotatable bonds is 5. The Balaban J connectivity index is 1.67. The lowest BCUT2D eigenvalue weighted by atomic mass is 10.2. The Bertz CT molecular complexity index is 781. The standard InChI is InChI=1S/C17H20N4O/c1-13-5-4-6-15(11-13)22-10-9-20(3)17-16-12-14(2)19-21(16)8-7-18-17/h4-8,11-12H,9-10H2,1-3H3. The zero-order valence-corrected chi connectivity index (χ0v) is 13.2. The number of anilines is 1. The molecule has 0 bridgehead atoms. The van der Waals surface area contributed by atoms with Gasteiger partial charge in [-0.05, 0) is 37.6 Å². The summed E-state index contributed by atoms with van der Waals surface area (Å²) in [6.45, 7) is 5.41. The molecule has 0 aliphatic rings. The van der Waals surface area contributed by atoms with Crippen LogP contribution in [0.5, 0.6) is 5.75 Å². The molecule has 0 atom stereocenters. The van der Waals surface area contributed by atoms with Crippen LogP contribution in [0.3, 0.4) is 0 Å². The molecule has 0 fully saturated rings. The molecular weight excluding hydrogens is 276 g/mol. The molecule has 22 heavy (non-hydrogen) atoms. The highest BCUT2D eigenvalue weighted by atomic mass is 16.5. The number of likely N-dealkylation sites (N-methyl/N-ethyl adjacent to an activating group) is 1. The second-order valence-electron chi connectivity index (χ2n) is 5.45. The molecule has 114 valence electrons. The van der Waals surface area contributed by atoms with Crippen LogP contribution in [-0.2, 0) is 0 Å². The first kappa shape index (κ1) is 14.4. The maximum absolute atomic E-state index is 5.80. The third-order valence-electron chi connectivity index (χ3n) is 3.54. The van der Waals surface area contributed by atoms with Gasteiger partial charge in [0.15, 0.2) is 5.82 Å². The molecule has 3 aromatic rings. The lowest BCUT2D eigenvalue weighted by Crippen LogP contribution is -2.25. The van der Waals surface area contributed by atoms with E-state index in [1.165, 1.54) is 5.56 Å². The number of ether oxygens (including phenoxy) is 1. The van der Waals surface area contributed by atoms with E-state index < -0.39 is 0 Å².